The van der Waals surface area contributed by atoms with Crippen molar-refractivity contribution in [2.45, 2.75) is 97.3 Å². The van der Waals surface area contributed by atoms with Crippen LogP contribution in [0.3, 0.4) is 0 Å². The normalized spacial score (nSPS) is 11.8. The summed E-state index contributed by atoms with van der Waals surface area (Å²) in [6.45, 7) is 8.67. The third kappa shape index (κ3) is 18.5. The van der Waals surface area contributed by atoms with Crippen molar-refractivity contribution in [1.82, 2.24) is 0 Å². The van der Waals surface area contributed by atoms with Gasteiger partial charge in [0, 0.05) is 6.42 Å². The first kappa shape index (κ1) is 29.7. The molecule has 0 atom stereocenters. The molecule has 0 fully saturated rings. The van der Waals surface area contributed by atoms with Gasteiger partial charge in [0.15, 0.2) is 0 Å². The average molecular weight is 443 g/mol. The van der Waals surface area contributed by atoms with Crippen molar-refractivity contribution in [2.24, 2.45) is 0 Å². The second kappa shape index (κ2) is 19.4. The molecule has 1 N–H and O–H groups in total. The first-order valence-corrected chi connectivity index (χ1v) is 12.2. The first-order chi connectivity index (χ1) is 15.3. The summed E-state index contributed by atoms with van der Waals surface area (Å²) in [7, 11) is 1.45. The highest BCUT2D eigenvalue weighted by molar-refractivity contribution is 5.68. The Balaban J connectivity index is 0.000000726. The number of phenols is 1. The highest BCUT2D eigenvalue weighted by Crippen LogP contribution is 2.23. The Morgan fingerprint density at radius 1 is 0.844 bits per heavy atom. The number of rotatable bonds is 13. The number of hydrogen-bond acceptors (Lipinski definition) is 3. The summed E-state index contributed by atoms with van der Waals surface area (Å²) in [6, 6.07) is 7.35. The molecule has 180 valence electrons. The van der Waals surface area contributed by atoms with Crippen LogP contribution in [0, 0.1) is 0 Å². The molecule has 1 aromatic carbocycles. The Bertz CT molecular complexity index is 661. The number of methoxy groups -OCH3 is 1. The molecule has 0 bridgehead atoms. The number of carbonyl (C=O) groups excluding carboxylic acids is 1. The average Bonchev–Trinajstić information content (AvgIpc) is 2.76. The Morgan fingerprint density at radius 3 is 1.91 bits per heavy atom. The predicted octanol–water partition coefficient (Wildman–Crippen LogP) is 8.44. The van der Waals surface area contributed by atoms with Gasteiger partial charge in [-0.3, -0.25) is 4.79 Å². The summed E-state index contributed by atoms with van der Waals surface area (Å²) < 4.78 is 4.61. The minimum absolute atomic E-state index is 0.0894. The fourth-order valence-corrected chi connectivity index (χ4v) is 2.93. The number of aromatic hydroxyl groups is 1. The number of esters is 1. The van der Waals surface area contributed by atoms with E-state index in [2.05, 4.69) is 68.9 Å². The number of phenolic OH excluding ortho intramolecular Hbond substituents is 1. The van der Waals surface area contributed by atoms with Gasteiger partial charge in [-0.25, -0.2) is 0 Å². The van der Waals surface area contributed by atoms with Crippen LogP contribution in [0.15, 0.2) is 60.7 Å². The van der Waals surface area contributed by atoms with Gasteiger partial charge in [-0.1, -0.05) is 108 Å². The van der Waals surface area contributed by atoms with Crippen LogP contribution >= 0.6 is 0 Å². The second-order valence-corrected chi connectivity index (χ2v) is 9.06. The van der Waals surface area contributed by atoms with Gasteiger partial charge in [0.2, 0.25) is 0 Å². The fourth-order valence-electron chi connectivity index (χ4n) is 2.93. The van der Waals surface area contributed by atoms with Crippen molar-refractivity contribution in [3.63, 3.8) is 0 Å². The zero-order valence-electron chi connectivity index (χ0n) is 21.1. The minimum Gasteiger partial charge on any atom is -0.508 e. The minimum atomic E-state index is -0.0894. The molecule has 0 aliphatic rings. The van der Waals surface area contributed by atoms with Gasteiger partial charge < -0.3 is 9.84 Å². The molecule has 0 aromatic heterocycles. The lowest BCUT2D eigenvalue weighted by Gasteiger charge is -2.18. The number of unbranched alkanes of at least 4 members (excludes halogenated alkanes) is 7. The quantitative estimate of drug-likeness (QED) is 0.189. The second-order valence-electron chi connectivity index (χ2n) is 9.06. The summed E-state index contributed by atoms with van der Waals surface area (Å²) in [5, 5.41) is 9.02. The van der Waals surface area contributed by atoms with E-state index in [1.54, 1.807) is 12.1 Å². The predicted molar refractivity (Wildman–Crippen MR) is 138 cm³/mol. The lowest BCUT2D eigenvalue weighted by Crippen LogP contribution is -2.10. The molecular weight excluding hydrogens is 396 g/mol. The number of allylic oxidation sites excluding steroid dienone is 6. The van der Waals surface area contributed by atoms with E-state index in [1.165, 1.54) is 51.2 Å². The van der Waals surface area contributed by atoms with Gasteiger partial charge in [-0.15, -0.1) is 0 Å². The van der Waals surface area contributed by atoms with Crippen LogP contribution in [-0.4, -0.2) is 18.2 Å². The summed E-state index contributed by atoms with van der Waals surface area (Å²) in [5.74, 6) is 0.242. The zero-order chi connectivity index (χ0) is 24.1. The molecule has 3 heteroatoms. The van der Waals surface area contributed by atoms with Gasteiger partial charge in [-0.05, 0) is 48.8 Å². The molecule has 0 spiro atoms. The van der Waals surface area contributed by atoms with Crippen LogP contribution in [0.2, 0.25) is 0 Å². The largest absolute Gasteiger partial charge is 0.508 e. The molecule has 0 amide bonds. The topological polar surface area (TPSA) is 46.5 Å². The highest BCUT2D eigenvalue weighted by Gasteiger charge is 2.12. The maximum Gasteiger partial charge on any atom is 0.305 e. The monoisotopic (exact) mass is 442 g/mol. The van der Waals surface area contributed by atoms with E-state index in [0.29, 0.717) is 12.2 Å². The molecule has 0 unspecified atom stereocenters. The third-order valence-electron chi connectivity index (χ3n) is 5.04. The lowest BCUT2D eigenvalue weighted by molar-refractivity contribution is -0.140. The van der Waals surface area contributed by atoms with Crippen LogP contribution in [-0.2, 0) is 14.9 Å². The van der Waals surface area contributed by atoms with Gasteiger partial charge in [0.05, 0.1) is 7.11 Å². The van der Waals surface area contributed by atoms with E-state index in [9.17, 15) is 4.79 Å². The van der Waals surface area contributed by atoms with Crippen LogP contribution in [0.1, 0.15) is 97.5 Å². The van der Waals surface area contributed by atoms with E-state index >= 15 is 0 Å². The van der Waals surface area contributed by atoms with Crippen molar-refractivity contribution in [2.75, 3.05) is 7.11 Å². The number of hydrogen-bond donors (Lipinski definition) is 1. The molecule has 0 aliphatic heterocycles. The molecule has 0 saturated heterocycles. The van der Waals surface area contributed by atoms with Gasteiger partial charge >= 0.3 is 5.97 Å². The smallest absolute Gasteiger partial charge is 0.305 e. The summed E-state index contributed by atoms with van der Waals surface area (Å²) in [6.07, 6.45) is 24.1. The third-order valence-corrected chi connectivity index (χ3v) is 5.04. The summed E-state index contributed by atoms with van der Waals surface area (Å²) in [4.78, 5) is 10.9. The standard InChI is InChI=1S/C19H32O2.C10H14O/c1-3-4-5-6-7-8-9-10-11-12-13-14-15-16-17-18-19(20)21-2;1-10(2,3)8-4-6-9(11)7-5-8/h6-11H,3-5,12-18H2,1-2H3;4-7,11H,1-3H3. The molecule has 0 radical (unpaired) electrons. The van der Waals surface area contributed by atoms with E-state index < -0.39 is 0 Å². The molecule has 0 saturated carbocycles. The number of benzene rings is 1. The van der Waals surface area contributed by atoms with Crippen molar-refractivity contribution >= 4 is 5.97 Å². The van der Waals surface area contributed by atoms with Crippen LogP contribution in [0.5, 0.6) is 5.75 Å². The van der Waals surface area contributed by atoms with E-state index in [1.807, 2.05) is 12.1 Å². The maximum atomic E-state index is 10.9. The van der Waals surface area contributed by atoms with Crippen LogP contribution in [0.4, 0.5) is 0 Å². The van der Waals surface area contributed by atoms with E-state index in [4.69, 9.17) is 5.11 Å². The molecular formula is C29H46O3. The maximum absolute atomic E-state index is 10.9. The van der Waals surface area contributed by atoms with E-state index in [0.717, 1.165) is 19.3 Å². The molecule has 32 heavy (non-hydrogen) atoms. The van der Waals surface area contributed by atoms with Crippen molar-refractivity contribution in [3.05, 3.63) is 66.3 Å². The highest BCUT2D eigenvalue weighted by atomic mass is 16.5. The fraction of sp³-hybridized carbons (Fsp3) is 0.552. The molecule has 1 rings (SSSR count). The van der Waals surface area contributed by atoms with E-state index in [-0.39, 0.29) is 11.4 Å². The number of ether oxygens (including phenoxy) is 1. The molecule has 3 nitrogen and oxygen atoms in total. The summed E-state index contributed by atoms with van der Waals surface area (Å²) >= 11 is 0. The number of carbonyl (C=O) groups is 1. The molecule has 0 aliphatic carbocycles. The Morgan fingerprint density at radius 2 is 1.38 bits per heavy atom. The van der Waals surface area contributed by atoms with Gasteiger partial charge in [0.25, 0.3) is 0 Å². The van der Waals surface area contributed by atoms with Crippen molar-refractivity contribution in [1.29, 1.82) is 0 Å². The van der Waals surface area contributed by atoms with Crippen LogP contribution < -0.4 is 0 Å². The van der Waals surface area contributed by atoms with Crippen molar-refractivity contribution < 1.29 is 14.6 Å². The Kier molecular flexibility index (Phi) is 18.0. The zero-order valence-corrected chi connectivity index (χ0v) is 21.1. The summed E-state index contributed by atoms with van der Waals surface area (Å²) in [5.41, 5.74) is 1.42. The Hall–Kier alpha value is -2.29. The SMILES string of the molecule is CC(C)(C)c1ccc(O)cc1.CCCCC=CC=CC=CCCCCCCCC(=O)OC. The van der Waals surface area contributed by atoms with Crippen molar-refractivity contribution in [3.8, 4) is 5.75 Å². The van der Waals surface area contributed by atoms with Crippen LogP contribution in [0.25, 0.3) is 0 Å². The van der Waals surface area contributed by atoms with Gasteiger partial charge in [0.1, 0.15) is 5.75 Å². The molecule has 1 aromatic rings. The van der Waals surface area contributed by atoms with Gasteiger partial charge in [-0.2, -0.15) is 0 Å². The Labute approximate surface area is 197 Å². The molecule has 0 heterocycles. The first-order valence-electron chi connectivity index (χ1n) is 12.2. The lowest BCUT2D eigenvalue weighted by atomic mass is 9.87.